The second-order valence-electron chi connectivity index (χ2n) is 6.16. The van der Waals surface area contributed by atoms with Crippen molar-refractivity contribution in [1.82, 2.24) is 15.2 Å². The molecule has 1 amide bonds. The van der Waals surface area contributed by atoms with Gasteiger partial charge in [0.2, 0.25) is 5.95 Å². The third-order valence-corrected chi connectivity index (χ3v) is 4.28. The number of hydrazone groups is 1. The molecular formula is C18H21FN4O2. The van der Waals surface area contributed by atoms with Crippen LogP contribution in [0.2, 0.25) is 0 Å². The van der Waals surface area contributed by atoms with Crippen molar-refractivity contribution >= 4 is 12.1 Å². The van der Waals surface area contributed by atoms with E-state index < -0.39 is 5.95 Å². The lowest BCUT2D eigenvalue weighted by Gasteiger charge is -2.12. The van der Waals surface area contributed by atoms with E-state index in [0.717, 1.165) is 23.3 Å². The number of carbonyl (C=O) groups excluding carboxylic acids is 1. The van der Waals surface area contributed by atoms with Crippen LogP contribution in [0.15, 0.2) is 29.4 Å². The summed E-state index contributed by atoms with van der Waals surface area (Å²) in [6.45, 7) is 1.68. The van der Waals surface area contributed by atoms with Gasteiger partial charge in [0.15, 0.2) is 0 Å². The summed E-state index contributed by atoms with van der Waals surface area (Å²) in [5.74, 6) is -0.102. The Labute approximate surface area is 145 Å². The van der Waals surface area contributed by atoms with Crippen molar-refractivity contribution in [3.63, 3.8) is 0 Å². The highest BCUT2D eigenvalue weighted by molar-refractivity contribution is 5.95. The standard InChI is InChI=1S/C18H21FN4O2/c1-12-16(17(19)23(2)22-12)11-20-21-18(24)13-7-9-15(10-8-13)25-14-5-3-4-6-14/h7-11,14H,3-6H2,1-2H3,(H,21,24)/b20-11+. The minimum Gasteiger partial charge on any atom is -0.490 e. The lowest BCUT2D eigenvalue weighted by atomic mass is 10.2. The first kappa shape index (κ1) is 17.1. The molecule has 1 aliphatic carbocycles. The Kier molecular flexibility index (Phi) is 5.11. The molecule has 1 aromatic heterocycles. The van der Waals surface area contributed by atoms with Crippen LogP contribution in [0.1, 0.15) is 47.3 Å². The molecule has 2 aromatic rings. The Morgan fingerprint density at radius 2 is 2.04 bits per heavy atom. The molecule has 0 saturated heterocycles. The van der Waals surface area contributed by atoms with Crippen LogP contribution in [-0.2, 0) is 7.05 Å². The van der Waals surface area contributed by atoms with E-state index in [1.165, 1.54) is 26.1 Å². The number of ether oxygens (including phenoxy) is 1. The SMILES string of the molecule is Cc1nn(C)c(F)c1/C=N/NC(=O)c1ccc(OC2CCCC2)cc1. The fourth-order valence-electron chi connectivity index (χ4n) is 2.90. The van der Waals surface area contributed by atoms with E-state index in [4.69, 9.17) is 4.74 Å². The van der Waals surface area contributed by atoms with Crippen molar-refractivity contribution in [3.05, 3.63) is 47.0 Å². The zero-order valence-corrected chi connectivity index (χ0v) is 14.3. The van der Waals surface area contributed by atoms with E-state index in [2.05, 4.69) is 15.6 Å². The predicted molar refractivity (Wildman–Crippen MR) is 92.3 cm³/mol. The monoisotopic (exact) mass is 344 g/mol. The van der Waals surface area contributed by atoms with Crippen molar-refractivity contribution in [1.29, 1.82) is 0 Å². The van der Waals surface area contributed by atoms with Crippen molar-refractivity contribution in [2.45, 2.75) is 38.7 Å². The van der Waals surface area contributed by atoms with Crippen LogP contribution in [0, 0.1) is 12.9 Å². The Balaban J connectivity index is 1.58. The molecule has 25 heavy (non-hydrogen) atoms. The number of amides is 1. The zero-order valence-electron chi connectivity index (χ0n) is 14.3. The molecular weight excluding hydrogens is 323 g/mol. The third kappa shape index (κ3) is 4.04. The maximum absolute atomic E-state index is 13.8. The third-order valence-electron chi connectivity index (χ3n) is 4.28. The second-order valence-corrected chi connectivity index (χ2v) is 6.16. The summed E-state index contributed by atoms with van der Waals surface area (Å²) in [6, 6.07) is 6.93. The van der Waals surface area contributed by atoms with Crippen LogP contribution in [0.25, 0.3) is 0 Å². The first-order valence-corrected chi connectivity index (χ1v) is 8.34. The van der Waals surface area contributed by atoms with Gasteiger partial charge in [-0.15, -0.1) is 0 Å². The molecule has 0 unspecified atom stereocenters. The molecule has 0 radical (unpaired) electrons. The van der Waals surface area contributed by atoms with Crippen LogP contribution in [0.3, 0.4) is 0 Å². The number of carbonyl (C=O) groups is 1. The van der Waals surface area contributed by atoms with E-state index in [0.29, 0.717) is 11.3 Å². The quantitative estimate of drug-likeness (QED) is 0.670. The van der Waals surface area contributed by atoms with Crippen LogP contribution >= 0.6 is 0 Å². The number of aromatic nitrogens is 2. The summed E-state index contributed by atoms with van der Waals surface area (Å²) < 4.78 is 20.8. The fourth-order valence-corrected chi connectivity index (χ4v) is 2.90. The van der Waals surface area contributed by atoms with E-state index in [9.17, 15) is 9.18 Å². The number of rotatable bonds is 5. The van der Waals surface area contributed by atoms with E-state index in [-0.39, 0.29) is 17.6 Å². The summed E-state index contributed by atoms with van der Waals surface area (Å²) in [7, 11) is 1.51. The number of nitrogens with one attached hydrogen (secondary N) is 1. The van der Waals surface area contributed by atoms with Crippen molar-refractivity contribution < 1.29 is 13.9 Å². The summed E-state index contributed by atoms with van der Waals surface area (Å²) in [5, 5.41) is 7.75. The van der Waals surface area contributed by atoms with Gasteiger partial charge >= 0.3 is 0 Å². The van der Waals surface area contributed by atoms with Gasteiger partial charge in [-0.05, 0) is 56.9 Å². The molecule has 1 fully saturated rings. The minimum absolute atomic E-state index is 0.253. The minimum atomic E-state index is -0.496. The molecule has 0 bridgehead atoms. The predicted octanol–water partition coefficient (Wildman–Crippen LogP) is 2.95. The highest BCUT2D eigenvalue weighted by Crippen LogP contribution is 2.24. The summed E-state index contributed by atoms with van der Waals surface area (Å²) in [4.78, 5) is 12.1. The average Bonchev–Trinajstić information content (AvgIpc) is 3.19. The van der Waals surface area contributed by atoms with Gasteiger partial charge in [0.1, 0.15) is 5.75 Å². The normalized spacial score (nSPS) is 15.0. The molecule has 0 atom stereocenters. The topological polar surface area (TPSA) is 68.5 Å². The maximum Gasteiger partial charge on any atom is 0.271 e. The van der Waals surface area contributed by atoms with E-state index in [1.807, 2.05) is 0 Å². The Morgan fingerprint density at radius 3 is 2.64 bits per heavy atom. The average molecular weight is 344 g/mol. The number of hydrogen-bond acceptors (Lipinski definition) is 4. The highest BCUT2D eigenvalue weighted by Gasteiger charge is 2.16. The fraction of sp³-hybridized carbons (Fsp3) is 0.389. The zero-order chi connectivity index (χ0) is 17.8. The van der Waals surface area contributed by atoms with Crippen LogP contribution in [0.4, 0.5) is 4.39 Å². The molecule has 6 nitrogen and oxygen atoms in total. The second kappa shape index (κ2) is 7.46. The number of nitrogens with zero attached hydrogens (tertiary/aromatic N) is 3. The van der Waals surface area contributed by atoms with Crippen LogP contribution in [0.5, 0.6) is 5.75 Å². The van der Waals surface area contributed by atoms with Crippen LogP contribution < -0.4 is 10.2 Å². The van der Waals surface area contributed by atoms with Gasteiger partial charge in [0.25, 0.3) is 5.91 Å². The molecule has 0 aliphatic heterocycles. The number of benzene rings is 1. The lowest BCUT2D eigenvalue weighted by molar-refractivity contribution is 0.0955. The lowest BCUT2D eigenvalue weighted by Crippen LogP contribution is -2.18. The first-order valence-electron chi connectivity index (χ1n) is 8.34. The van der Waals surface area contributed by atoms with Gasteiger partial charge in [-0.25, -0.2) is 10.1 Å². The maximum atomic E-state index is 13.8. The molecule has 1 saturated carbocycles. The van der Waals surface area contributed by atoms with Gasteiger partial charge in [-0.1, -0.05) is 0 Å². The first-order chi connectivity index (χ1) is 12.0. The molecule has 1 aromatic carbocycles. The van der Waals surface area contributed by atoms with Crippen molar-refractivity contribution in [2.24, 2.45) is 12.1 Å². The van der Waals surface area contributed by atoms with Crippen molar-refractivity contribution in [3.8, 4) is 5.75 Å². The number of hydrogen-bond donors (Lipinski definition) is 1. The number of halogens is 1. The molecule has 3 rings (SSSR count). The molecule has 0 spiro atoms. The van der Waals surface area contributed by atoms with Crippen LogP contribution in [-0.4, -0.2) is 28.0 Å². The summed E-state index contributed by atoms with van der Waals surface area (Å²) in [5.41, 5.74) is 3.61. The summed E-state index contributed by atoms with van der Waals surface area (Å²) in [6.07, 6.45) is 6.12. The molecule has 1 heterocycles. The van der Waals surface area contributed by atoms with Gasteiger partial charge in [-0.3, -0.25) is 4.79 Å². The van der Waals surface area contributed by atoms with Gasteiger partial charge in [0, 0.05) is 12.6 Å². The largest absolute Gasteiger partial charge is 0.490 e. The molecule has 1 N–H and O–H groups in total. The number of aryl methyl sites for hydroxylation is 2. The van der Waals surface area contributed by atoms with Gasteiger partial charge < -0.3 is 4.74 Å². The Morgan fingerprint density at radius 1 is 1.36 bits per heavy atom. The van der Waals surface area contributed by atoms with E-state index >= 15 is 0 Å². The molecule has 132 valence electrons. The van der Waals surface area contributed by atoms with E-state index in [1.54, 1.807) is 31.2 Å². The molecule has 7 heteroatoms. The van der Waals surface area contributed by atoms with Crippen molar-refractivity contribution in [2.75, 3.05) is 0 Å². The Bertz CT molecular complexity index is 777. The highest BCUT2D eigenvalue weighted by atomic mass is 19.1. The van der Waals surface area contributed by atoms with Gasteiger partial charge in [-0.2, -0.15) is 14.6 Å². The molecule has 1 aliphatic rings. The Hall–Kier alpha value is -2.70. The summed E-state index contributed by atoms with van der Waals surface area (Å²) >= 11 is 0. The van der Waals surface area contributed by atoms with Gasteiger partial charge in [0.05, 0.1) is 23.6 Å². The smallest absolute Gasteiger partial charge is 0.271 e.